The number of carbonyl (C=O) groups is 2. The number of nitrogens with zero attached hydrogens (tertiary/aromatic N) is 2. The smallest absolute Gasteiger partial charge is 0.257 e. The molecular formula is C17H16N4O3. The molecule has 0 bridgehead atoms. The molecule has 0 aliphatic carbocycles. The average molecular weight is 324 g/mol. The predicted molar refractivity (Wildman–Crippen MR) is 88.5 cm³/mol. The van der Waals surface area contributed by atoms with Gasteiger partial charge < -0.3 is 15.2 Å². The summed E-state index contributed by atoms with van der Waals surface area (Å²) in [5, 5.41) is 10.1. The Balaban J connectivity index is 1.65. The number of amides is 2. The van der Waals surface area contributed by atoms with Crippen LogP contribution in [0.25, 0.3) is 11.1 Å². The molecule has 0 unspecified atom stereocenters. The van der Waals surface area contributed by atoms with Crippen molar-refractivity contribution in [2.75, 3.05) is 5.32 Å². The molecule has 2 amide bonds. The topological polar surface area (TPSA) is 97.1 Å². The molecule has 24 heavy (non-hydrogen) atoms. The third-order valence-corrected chi connectivity index (χ3v) is 3.50. The quantitative estimate of drug-likeness (QED) is 0.768. The molecule has 2 heterocycles. The summed E-state index contributed by atoms with van der Waals surface area (Å²) in [6.45, 7) is 3.63. The van der Waals surface area contributed by atoms with E-state index in [4.69, 9.17) is 4.52 Å². The van der Waals surface area contributed by atoms with Crippen LogP contribution in [0, 0.1) is 6.92 Å². The Labute approximate surface area is 138 Å². The number of aryl methyl sites for hydroxylation is 1. The van der Waals surface area contributed by atoms with Gasteiger partial charge in [0.15, 0.2) is 0 Å². The van der Waals surface area contributed by atoms with Crippen LogP contribution in [0.3, 0.4) is 0 Å². The fourth-order valence-electron chi connectivity index (χ4n) is 2.26. The summed E-state index contributed by atoms with van der Waals surface area (Å²) in [7, 11) is 0. The number of hydrogen-bond donors (Lipinski definition) is 2. The highest BCUT2D eigenvalue weighted by molar-refractivity contribution is 5.96. The molecule has 0 fully saturated rings. The van der Waals surface area contributed by atoms with E-state index in [1.54, 1.807) is 25.1 Å². The molecule has 3 aromatic rings. The lowest BCUT2D eigenvalue weighted by atomic mass is 10.1. The Morgan fingerprint density at radius 1 is 1.21 bits per heavy atom. The molecule has 122 valence electrons. The van der Waals surface area contributed by atoms with Gasteiger partial charge in [-0.05, 0) is 30.7 Å². The van der Waals surface area contributed by atoms with Crippen LogP contribution in [0.2, 0.25) is 0 Å². The van der Waals surface area contributed by atoms with Crippen LogP contribution >= 0.6 is 0 Å². The number of pyridine rings is 1. The van der Waals surface area contributed by atoms with Gasteiger partial charge in [0.1, 0.15) is 0 Å². The maximum absolute atomic E-state index is 12.2. The van der Waals surface area contributed by atoms with Crippen LogP contribution in [0.15, 0.2) is 41.1 Å². The molecule has 0 aliphatic heterocycles. The molecule has 1 aromatic carbocycles. The molecule has 7 nitrogen and oxygen atoms in total. The van der Waals surface area contributed by atoms with Crippen LogP contribution < -0.4 is 10.6 Å². The lowest BCUT2D eigenvalue weighted by molar-refractivity contribution is -0.114. The Morgan fingerprint density at radius 3 is 2.67 bits per heavy atom. The SMILES string of the molecule is CC(=O)Nc1ccc(CNC(=O)c2cnc3onc(C)c3c2)cc1. The summed E-state index contributed by atoms with van der Waals surface area (Å²) in [5.74, 6) is -0.348. The fraction of sp³-hybridized carbons (Fsp3) is 0.176. The highest BCUT2D eigenvalue weighted by Crippen LogP contribution is 2.17. The number of carbonyl (C=O) groups excluding carboxylic acids is 2. The third-order valence-electron chi connectivity index (χ3n) is 3.50. The van der Waals surface area contributed by atoms with Crippen molar-refractivity contribution in [2.45, 2.75) is 20.4 Å². The van der Waals surface area contributed by atoms with Crippen molar-refractivity contribution in [3.8, 4) is 0 Å². The normalized spacial score (nSPS) is 10.6. The van der Waals surface area contributed by atoms with Crippen molar-refractivity contribution >= 4 is 28.6 Å². The van der Waals surface area contributed by atoms with E-state index in [0.717, 1.165) is 16.6 Å². The van der Waals surface area contributed by atoms with Gasteiger partial charge >= 0.3 is 0 Å². The van der Waals surface area contributed by atoms with Crippen LogP contribution in [-0.2, 0) is 11.3 Å². The molecule has 0 atom stereocenters. The third kappa shape index (κ3) is 3.40. The molecule has 7 heteroatoms. The van der Waals surface area contributed by atoms with E-state index in [2.05, 4.69) is 20.8 Å². The van der Waals surface area contributed by atoms with Gasteiger partial charge in [-0.1, -0.05) is 17.3 Å². The van der Waals surface area contributed by atoms with Crippen LogP contribution in [0.4, 0.5) is 5.69 Å². The van der Waals surface area contributed by atoms with E-state index in [0.29, 0.717) is 23.5 Å². The van der Waals surface area contributed by atoms with E-state index in [9.17, 15) is 9.59 Å². The Hall–Kier alpha value is -3.22. The van der Waals surface area contributed by atoms with Crippen molar-refractivity contribution in [2.24, 2.45) is 0 Å². The Morgan fingerprint density at radius 2 is 1.96 bits per heavy atom. The number of nitrogens with one attached hydrogen (secondary N) is 2. The second kappa shape index (κ2) is 6.49. The van der Waals surface area contributed by atoms with Crippen molar-refractivity contribution in [3.63, 3.8) is 0 Å². The first kappa shape index (κ1) is 15.7. The number of aromatic nitrogens is 2. The largest absolute Gasteiger partial charge is 0.348 e. The number of rotatable bonds is 4. The summed E-state index contributed by atoms with van der Waals surface area (Å²) in [6.07, 6.45) is 1.46. The van der Waals surface area contributed by atoms with Crippen LogP contribution in [-0.4, -0.2) is 22.0 Å². The van der Waals surface area contributed by atoms with E-state index in [1.165, 1.54) is 13.1 Å². The van der Waals surface area contributed by atoms with E-state index < -0.39 is 0 Å². The minimum absolute atomic E-state index is 0.122. The molecule has 0 spiro atoms. The average Bonchev–Trinajstić information content (AvgIpc) is 2.94. The predicted octanol–water partition coefficient (Wildman–Crippen LogP) is 2.42. The maximum Gasteiger partial charge on any atom is 0.257 e. The van der Waals surface area contributed by atoms with Gasteiger partial charge in [0, 0.05) is 25.4 Å². The first-order valence-corrected chi connectivity index (χ1v) is 7.39. The molecule has 0 radical (unpaired) electrons. The standard InChI is InChI=1S/C17H16N4O3/c1-10-15-7-13(9-19-17(15)24-21-10)16(23)18-8-12-3-5-14(6-4-12)20-11(2)22/h3-7,9H,8H2,1-2H3,(H,18,23)(H,20,22). The van der Waals surface area contributed by atoms with Crippen LogP contribution in [0.1, 0.15) is 28.5 Å². The Kier molecular flexibility index (Phi) is 4.24. The van der Waals surface area contributed by atoms with Crippen molar-refractivity contribution < 1.29 is 14.1 Å². The minimum atomic E-state index is -0.226. The number of anilines is 1. The van der Waals surface area contributed by atoms with Gasteiger partial charge in [0.25, 0.3) is 11.6 Å². The summed E-state index contributed by atoms with van der Waals surface area (Å²) >= 11 is 0. The number of benzene rings is 1. The molecule has 2 N–H and O–H groups in total. The first-order valence-electron chi connectivity index (χ1n) is 7.39. The monoisotopic (exact) mass is 324 g/mol. The summed E-state index contributed by atoms with van der Waals surface area (Å²) in [6, 6.07) is 8.98. The van der Waals surface area contributed by atoms with Crippen molar-refractivity contribution in [1.29, 1.82) is 0 Å². The van der Waals surface area contributed by atoms with E-state index in [-0.39, 0.29) is 11.8 Å². The molecule has 0 saturated carbocycles. The van der Waals surface area contributed by atoms with Crippen molar-refractivity contribution in [1.82, 2.24) is 15.5 Å². The van der Waals surface area contributed by atoms with Crippen molar-refractivity contribution in [3.05, 3.63) is 53.3 Å². The fourth-order valence-corrected chi connectivity index (χ4v) is 2.26. The van der Waals surface area contributed by atoms with Crippen LogP contribution in [0.5, 0.6) is 0 Å². The lowest BCUT2D eigenvalue weighted by Crippen LogP contribution is -2.22. The van der Waals surface area contributed by atoms with E-state index in [1.807, 2.05) is 12.1 Å². The highest BCUT2D eigenvalue weighted by Gasteiger charge is 2.11. The molecular weight excluding hydrogens is 308 g/mol. The number of hydrogen-bond acceptors (Lipinski definition) is 5. The lowest BCUT2D eigenvalue weighted by Gasteiger charge is -2.07. The minimum Gasteiger partial charge on any atom is -0.348 e. The molecule has 0 aliphatic rings. The second-order valence-corrected chi connectivity index (χ2v) is 5.41. The van der Waals surface area contributed by atoms with E-state index >= 15 is 0 Å². The molecule has 3 rings (SSSR count). The zero-order valence-electron chi connectivity index (χ0n) is 13.3. The van der Waals surface area contributed by atoms with Gasteiger partial charge in [-0.15, -0.1) is 0 Å². The Bertz CT molecular complexity index is 900. The second-order valence-electron chi connectivity index (χ2n) is 5.41. The van der Waals surface area contributed by atoms with Gasteiger partial charge in [-0.2, -0.15) is 0 Å². The molecule has 2 aromatic heterocycles. The van der Waals surface area contributed by atoms with Gasteiger partial charge in [0.05, 0.1) is 16.6 Å². The first-order chi connectivity index (χ1) is 11.5. The zero-order chi connectivity index (χ0) is 17.1. The summed E-state index contributed by atoms with van der Waals surface area (Å²) < 4.78 is 5.03. The zero-order valence-corrected chi connectivity index (χ0v) is 13.3. The maximum atomic E-state index is 12.2. The van der Waals surface area contributed by atoms with Gasteiger partial charge in [-0.3, -0.25) is 9.59 Å². The van der Waals surface area contributed by atoms with Gasteiger partial charge in [-0.25, -0.2) is 4.98 Å². The van der Waals surface area contributed by atoms with Gasteiger partial charge in [0.2, 0.25) is 5.91 Å². The number of fused-ring (bicyclic) bond motifs is 1. The molecule has 0 saturated heterocycles. The summed E-state index contributed by atoms with van der Waals surface area (Å²) in [5.41, 5.74) is 3.20. The highest BCUT2D eigenvalue weighted by atomic mass is 16.5. The summed E-state index contributed by atoms with van der Waals surface area (Å²) in [4.78, 5) is 27.3.